The first-order valence-corrected chi connectivity index (χ1v) is 5.76. The summed E-state index contributed by atoms with van der Waals surface area (Å²) in [6.45, 7) is 3.79. The summed E-state index contributed by atoms with van der Waals surface area (Å²) in [6.07, 6.45) is 0.176. The van der Waals surface area contributed by atoms with Crippen LogP contribution in [0, 0.1) is 0 Å². The summed E-state index contributed by atoms with van der Waals surface area (Å²) in [6, 6.07) is 4.40. The Balaban J connectivity index is 3.05. The first kappa shape index (κ1) is 14.3. The van der Waals surface area contributed by atoms with Gasteiger partial charge in [-0.15, -0.1) is 0 Å². The van der Waals surface area contributed by atoms with Crippen LogP contribution in [0.3, 0.4) is 0 Å². The molecule has 1 aromatic carbocycles. The Kier molecular flexibility index (Phi) is 4.97. The fourth-order valence-electron chi connectivity index (χ4n) is 1.58. The van der Waals surface area contributed by atoms with Crippen molar-refractivity contribution in [1.29, 1.82) is 0 Å². The van der Waals surface area contributed by atoms with Crippen molar-refractivity contribution in [2.24, 2.45) is 5.73 Å². The monoisotopic (exact) mass is 253 g/mol. The number of nitrogens with two attached hydrogens (primary N) is 1. The van der Waals surface area contributed by atoms with E-state index >= 15 is 0 Å². The zero-order valence-electron chi connectivity index (χ0n) is 10.8. The summed E-state index contributed by atoms with van der Waals surface area (Å²) < 4.78 is 10.9. The quantitative estimate of drug-likeness (QED) is 0.801. The zero-order valence-corrected chi connectivity index (χ0v) is 10.8. The van der Waals surface area contributed by atoms with Gasteiger partial charge in [0.05, 0.1) is 13.2 Å². The predicted molar refractivity (Wildman–Crippen MR) is 68.1 cm³/mol. The Morgan fingerprint density at radius 2 is 2.11 bits per heavy atom. The molecule has 1 atom stereocenters. The Labute approximate surface area is 107 Å². The Bertz CT molecular complexity index is 417. The first-order chi connectivity index (χ1) is 8.45. The van der Waals surface area contributed by atoms with Crippen molar-refractivity contribution in [3.63, 3.8) is 0 Å². The minimum Gasteiger partial charge on any atom is -0.493 e. The summed E-state index contributed by atoms with van der Waals surface area (Å²) >= 11 is 0. The molecule has 0 fully saturated rings. The maximum absolute atomic E-state index is 10.8. The summed E-state index contributed by atoms with van der Waals surface area (Å²) in [5, 5.41) is 8.85. The van der Waals surface area contributed by atoms with Crippen LogP contribution in [-0.4, -0.2) is 30.3 Å². The molecule has 5 nitrogen and oxygen atoms in total. The Morgan fingerprint density at radius 1 is 1.44 bits per heavy atom. The van der Waals surface area contributed by atoms with Crippen LogP contribution >= 0.6 is 0 Å². The molecule has 18 heavy (non-hydrogen) atoms. The molecular weight excluding hydrogens is 234 g/mol. The summed E-state index contributed by atoms with van der Waals surface area (Å²) in [5.74, 6) is 0.110. The lowest BCUT2D eigenvalue weighted by molar-refractivity contribution is -0.138. The van der Waals surface area contributed by atoms with Gasteiger partial charge in [0.15, 0.2) is 11.5 Å². The van der Waals surface area contributed by atoms with E-state index in [1.807, 2.05) is 13.8 Å². The number of methoxy groups -OCH3 is 1. The molecule has 1 rings (SSSR count). The summed E-state index contributed by atoms with van der Waals surface area (Å²) in [5.41, 5.74) is 6.28. The van der Waals surface area contributed by atoms with Crippen molar-refractivity contribution in [2.75, 3.05) is 7.11 Å². The molecule has 3 N–H and O–H groups in total. The van der Waals surface area contributed by atoms with Crippen LogP contribution < -0.4 is 15.2 Å². The fraction of sp³-hybridized carbons (Fsp3) is 0.462. The van der Waals surface area contributed by atoms with Crippen molar-refractivity contribution in [2.45, 2.75) is 32.4 Å². The van der Waals surface area contributed by atoms with E-state index in [0.717, 1.165) is 5.56 Å². The standard InChI is InChI=1S/C13H19NO4/c1-8(2)18-12-9(7-10(14)13(15)16)5-4-6-11(12)17-3/h4-6,8,10H,7,14H2,1-3H3,(H,15,16). The van der Waals surface area contributed by atoms with Gasteiger partial charge in [-0.25, -0.2) is 0 Å². The molecule has 0 aliphatic rings. The number of hydrogen-bond acceptors (Lipinski definition) is 4. The maximum Gasteiger partial charge on any atom is 0.320 e. The number of carboxylic acid groups (broad SMARTS) is 1. The van der Waals surface area contributed by atoms with Gasteiger partial charge >= 0.3 is 5.97 Å². The number of carboxylic acids is 1. The normalized spacial score (nSPS) is 12.3. The SMILES string of the molecule is COc1cccc(CC(N)C(=O)O)c1OC(C)C. The van der Waals surface area contributed by atoms with Gasteiger partial charge in [-0.3, -0.25) is 4.79 Å². The third-order valence-electron chi connectivity index (χ3n) is 2.39. The summed E-state index contributed by atoms with van der Waals surface area (Å²) in [4.78, 5) is 10.8. The van der Waals surface area contributed by atoms with E-state index < -0.39 is 12.0 Å². The van der Waals surface area contributed by atoms with E-state index in [-0.39, 0.29) is 12.5 Å². The number of rotatable bonds is 6. The highest BCUT2D eigenvalue weighted by atomic mass is 16.5. The van der Waals surface area contributed by atoms with Crippen LogP contribution in [0.15, 0.2) is 18.2 Å². The molecule has 0 saturated heterocycles. The minimum atomic E-state index is -1.03. The van der Waals surface area contributed by atoms with Crippen LogP contribution in [0.25, 0.3) is 0 Å². The van der Waals surface area contributed by atoms with Gasteiger partial charge < -0.3 is 20.3 Å². The Hall–Kier alpha value is -1.75. The molecular formula is C13H19NO4. The minimum absolute atomic E-state index is 0.0268. The lowest BCUT2D eigenvalue weighted by atomic mass is 10.0. The second-order valence-corrected chi connectivity index (χ2v) is 4.26. The molecule has 0 aliphatic carbocycles. The lowest BCUT2D eigenvalue weighted by Gasteiger charge is -2.18. The Morgan fingerprint density at radius 3 is 2.61 bits per heavy atom. The van der Waals surface area contributed by atoms with Crippen LogP contribution in [-0.2, 0) is 11.2 Å². The molecule has 0 heterocycles. The third-order valence-corrected chi connectivity index (χ3v) is 2.39. The number of aliphatic carboxylic acids is 1. The van der Waals surface area contributed by atoms with Gasteiger partial charge in [-0.2, -0.15) is 0 Å². The van der Waals surface area contributed by atoms with E-state index in [9.17, 15) is 4.79 Å². The molecule has 0 saturated carbocycles. The molecule has 0 aromatic heterocycles. The van der Waals surface area contributed by atoms with Crippen LogP contribution in [0.2, 0.25) is 0 Å². The number of ether oxygens (including phenoxy) is 2. The average molecular weight is 253 g/mol. The van der Waals surface area contributed by atoms with Crippen molar-refractivity contribution in [3.05, 3.63) is 23.8 Å². The highest BCUT2D eigenvalue weighted by molar-refractivity contribution is 5.73. The summed E-state index contributed by atoms with van der Waals surface area (Å²) in [7, 11) is 1.55. The smallest absolute Gasteiger partial charge is 0.320 e. The van der Waals surface area contributed by atoms with Gasteiger partial charge in [-0.05, 0) is 19.9 Å². The third kappa shape index (κ3) is 3.63. The number of para-hydroxylation sites is 1. The highest BCUT2D eigenvalue weighted by Gasteiger charge is 2.18. The van der Waals surface area contributed by atoms with Crippen molar-refractivity contribution >= 4 is 5.97 Å². The predicted octanol–water partition coefficient (Wildman–Crippen LogP) is 1.44. The highest BCUT2D eigenvalue weighted by Crippen LogP contribution is 2.32. The van der Waals surface area contributed by atoms with Crippen LogP contribution in [0.1, 0.15) is 19.4 Å². The fourth-order valence-corrected chi connectivity index (χ4v) is 1.58. The second-order valence-electron chi connectivity index (χ2n) is 4.26. The van der Waals surface area contributed by atoms with Crippen molar-refractivity contribution < 1.29 is 19.4 Å². The van der Waals surface area contributed by atoms with Gasteiger partial charge in [0.1, 0.15) is 6.04 Å². The molecule has 1 aromatic rings. The van der Waals surface area contributed by atoms with Crippen molar-refractivity contribution in [3.8, 4) is 11.5 Å². The molecule has 5 heteroatoms. The molecule has 0 bridgehead atoms. The van der Waals surface area contributed by atoms with E-state index in [0.29, 0.717) is 11.5 Å². The van der Waals surface area contributed by atoms with Gasteiger partial charge in [0, 0.05) is 12.0 Å². The van der Waals surface area contributed by atoms with Gasteiger partial charge in [0.25, 0.3) is 0 Å². The number of carbonyl (C=O) groups is 1. The van der Waals surface area contributed by atoms with E-state index in [4.69, 9.17) is 20.3 Å². The molecule has 0 amide bonds. The van der Waals surface area contributed by atoms with E-state index in [1.165, 1.54) is 0 Å². The molecule has 0 spiro atoms. The topological polar surface area (TPSA) is 81.8 Å². The van der Waals surface area contributed by atoms with E-state index in [2.05, 4.69) is 0 Å². The molecule has 0 radical (unpaired) electrons. The van der Waals surface area contributed by atoms with E-state index in [1.54, 1.807) is 25.3 Å². The first-order valence-electron chi connectivity index (χ1n) is 5.76. The van der Waals surface area contributed by atoms with Crippen LogP contribution in [0.4, 0.5) is 0 Å². The lowest BCUT2D eigenvalue weighted by Crippen LogP contribution is -2.32. The average Bonchev–Trinajstić information content (AvgIpc) is 2.30. The number of benzene rings is 1. The largest absolute Gasteiger partial charge is 0.493 e. The maximum atomic E-state index is 10.8. The van der Waals surface area contributed by atoms with Crippen LogP contribution in [0.5, 0.6) is 11.5 Å². The molecule has 0 aliphatic heterocycles. The molecule has 1 unspecified atom stereocenters. The van der Waals surface area contributed by atoms with Gasteiger partial charge in [-0.1, -0.05) is 12.1 Å². The zero-order chi connectivity index (χ0) is 13.7. The number of hydrogen-bond donors (Lipinski definition) is 2. The van der Waals surface area contributed by atoms with Crippen molar-refractivity contribution in [1.82, 2.24) is 0 Å². The second kappa shape index (κ2) is 6.26. The molecule has 100 valence electrons. The van der Waals surface area contributed by atoms with Gasteiger partial charge in [0.2, 0.25) is 0 Å².